The number of esters is 1. The fraction of sp³-hybridized carbons (Fsp3) is 0.154. The molecule has 0 atom stereocenters. The Morgan fingerprint density at radius 2 is 2.00 bits per heavy atom. The molecule has 1 aromatic heterocycles. The number of amides is 1. The second kappa shape index (κ2) is 6.37. The van der Waals surface area contributed by atoms with Crippen molar-refractivity contribution in [1.82, 2.24) is 9.78 Å². The molecule has 0 spiro atoms. The molecule has 0 saturated heterocycles. The fourth-order valence-electron chi connectivity index (χ4n) is 1.51. The number of carbonyl (C=O) groups is 2. The first-order valence-corrected chi connectivity index (χ1v) is 5.93. The van der Waals surface area contributed by atoms with E-state index in [1.807, 2.05) is 6.07 Å². The molecule has 20 heavy (non-hydrogen) atoms. The van der Waals surface area contributed by atoms with Gasteiger partial charge in [0.2, 0.25) is 0 Å². The summed E-state index contributed by atoms with van der Waals surface area (Å²) < 4.78 is 6.18. The number of nitrogen functional groups attached to an aromatic ring is 1. The number of nitrogens with zero attached hydrogens (tertiary/aromatic N) is 2. The summed E-state index contributed by atoms with van der Waals surface area (Å²) in [5, 5.41) is 6.45. The molecule has 1 amide bonds. The first-order chi connectivity index (χ1) is 9.63. The van der Waals surface area contributed by atoms with Gasteiger partial charge in [-0.3, -0.25) is 14.3 Å². The topological polar surface area (TPSA) is 99.2 Å². The molecule has 0 aliphatic carbocycles. The van der Waals surface area contributed by atoms with Crippen LogP contribution in [0.25, 0.3) is 0 Å². The number of nitrogens with one attached hydrogen (secondary N) is 1. The van der Waals surface area contributed by atoms with Crippen LogP contribution in [-0.4, -0.2) is 28.3 Å². The second-order valence-electron chi connectivity index (χ2n) is 4.01. The zero-order valence-electron chi connectivity index (χ0n) is 10.7. The Bertz CT molecular complexity index is 595. The number of anilines is 2. The fourth-order valence-corrected chi connectivity index (χ4v) is 1.51. The number of nitrogens with two attached hydrogens (primary N) is 1. The zero-order chi connectivity index (χ0) is 14.4. The summed E-state index contributed by atoms with van der Waals surface area (Å²) in [5.41, 5.74) is 6.06. The van der Waals surface area contributed by atoms with E-state index in [2.05, 4.69) is 10.4 Å². The number of hydrogen-bond acceptors (Lipinski definition) is 5. The van der Waals surface area contributed by atoms with Gasteiger partial charge in [-0.15, -0.1) is 0 Å². The van der Waals surface area contributed by atoms with Crippen LogP contribution < -0.4 is 11.1 Å². The van der Waals surface area contributed by atoms with Crippen molar-refractivity contribution in [2.24, 2.45) is 0 Å². The van der Waals surface area contributed by atoms with E-state index in [1.54, 1.807) is 36.5 Å². The lowest BCUT2D eigenvalue weighted by atomic mass is 10.3. The molecule has 0 aliphatic heterocycles. The molecule has 7 nitrogen and oxygen atoms in total. The largest absolute Gasteiger partial charge is 0.454 e. The number of para-hydroxylation sites is 1. The Morgan fingerprint density at radius 1 is 1.25 bits per heavy atom. The molecule has 0 radical (unpaired) electrons. The highest BCUT2D eigenvalue weighted by Crippen LogP contribution is 2.04. The van der Waals surface area contributed by atoms with Gasteiger partial charge in [0.25, 0.3) is 5.91 Å². The summed E-state index contributed by atoms with van der Waals surface area (Å²) in [6.45, 7) is -0.430. The van der Waals surface area contributed by atoms with Crippen LogP contribution >= 0.6 is 0 Å². The number of ether oxygens (including phenoxy) is 1. The van der Waals surface area contributed by atoms with E-state index < -0.39 is 11.9 Å². The molecule has 7 heteroatoms. The van der Waals surface area contributed by atoms with E-state index >= 15 is 0 Å². The lowest BCUT2D eigenvalue weighted by molar-refractivity contribution is -0.148. The van der Waals surface area contributed by atoms with Crippen LogP contribution in [0.3, 0.4) is 0 Å². The van der Waals surface area contributed by atoms with Gasteiger partial charge in [-0.1, -0.05) is 18.2 Å². The van der Waals surface area contributed by atoms with Crippen LogP contribution in [0.1, 0.15) is 0 Å². The van der Waals surface area contributed by atoms with E-state index in [-0.39, 0.29) is 13.2 Å². The van der Waals surface area contributed by atoms with Gasteiger partial charge in [0, 0.05) is 11.9 Å². The maximum Gasteiger partial charge on any atom is 0.328 e. The Balaban J connectivity index is 1.74. The lowest BCUT2D eigenvalue weighted by Gasteiger charge is -2.06. The number of carbonyl (C=O) groups excluding carboxylic acids is 2. The Labute approximate surface area is 115 Å². The smallest absolute Gasteiger partial charge is 0.328 e. The number of hydrogen-bond donors (Lipinski definition) is 2. The van der Waals surface area contributed by atoms with Gasteiger partial charge in [-0.2, -0.15) is 5.10 Å². The molecule has 3 N–H and O–H groups in total. The average molecular weight is 274 g/mol. The third-order valence-electron chi connectivity index (χ3n) is 2.37. The van der Waals surface area contributed by atoms with E-state index in [9.17, 15) is 9.59 Å². The predicted octanol–water partition coefficient (Wildman–Crippen LogP) is 0.647. The molecule has 0 unspecified atom stereocenters. The molecule has 1 heterocycles. The van der Waals surface area contributed by atoms with E-state index in [0.717, 1.165) is 0 Å². The van der Waals surface area contributed by atoms with Crippen molar-refractivity contribution in [3.8, 4) is 0 Å². The lowest BCUT2D eigenvalue weighted by Crippen LogP contribution is -2.23. The first kappa shape index (κ1) is 13.6. The summed E-state index contributed by atoms with van der Waals surface area (Å²) in [7, 11) is 0. The van der Waals surface area contributed by atoms with E-state index in [1.165, 1.54) is 4.68 Å². The SMILES string of the molecule is Nc1ccn(CC(=O)OCC(=O)Nc2ccccc2)n1. The maximum absolute atomic E-state index is 11.5. The van der Waals surface area contributed by atoms with Crippen LogP contribution in [-0.2, 0) is 20.9 Å². The minimum absolute atomic E-state index is 0.0875. The summed E-state index contributed by atoms with van der Waals surface area (Å²) in [5.74, 6) is -0.638. The second-order valence-corrected chi connectivity index (χ2v) is 4.01. The van der Waals surface area contributed by atoms with E-state index in [0.29, 0.717) is 11.5 Å². The Morgan fingerprint density at radius 3 is 2.65 bits per heavy atom. The zero-order valence-corrected chi connectivity index (χ0v) is 10.7. The minimum Gasteiger partial charge on any atom is -0.454 e. The Hall–Kier alpha value is -2.83. The van der Waals surface area contributed by atoms with Gasteiger partial charge >= 0.3 is 5.97 Å². The highest BCUT2D eigenvalue weighted by atomic mass is 16.5. The van der Waals surface area contributed by atoms with E-state index in [4.69, 9.17) is 10.5 Å². The summed E-state index contributed by atoms with van der Waals surface area (Å²) in [6, 6.07) is 10.5. The van der Waals surface area contributed by atoms with Gasteiger partial charge in [0.15, 0.2) is 6.61 Å². The van der Waals surface area contributed by atoms with Crippen LogP contribution in [0.4, 0.5) is 11.5 Å². The van der Waals surface area contributed by atoms with Crippen molar-refractivity contribution in [1.29, 1.82) is 0 Å². The number of rotatable bonds is 5. The quantitative estimate of drug-likeness (QED) is 0.780. The monoisotopic (exact) mass is 274 g/mol. The van der Waals surface area contributed by atoms with Crippen molar-refractivity contribution >= 4 is 23.4 Å². The Kier molecular flexibility index (Phi) is 4.33. The van der Waals surface area contributed by atoms with Crippen molar-refractivity contribution < 1.29 is 14.3 Å². The van der Waals surface area contributed by atoms with Crippen molar-refractivity contribution in [3.05, 3.63) is 42.6 Å². The van der Waals surface area contributed by atoms with Gasteiger partial charge in [0.1, 0.15) is 12.4 Å². The highest BCUT2D eigenvalue weighted by molar-refractivity contribution is 5.92. The maximum atomic E-state index is 11.5. The highest BCUT2D eigenvalue weighted by Gasteiger charge is 2.09. The van der Waals surface area contributed by atoms with Crippen LogP contribution in [0.2, 0.25) is 0 Å². The third kappa shape index (κ3) is 4.13. The molecule has 0 saturated carbocycles. The molecular weight excluding hydrogens is 260 g/mol. The molecule has 0 fully saturated rings. The van der Waals surface area contributed by atoms with Crippen LogP contribution in [0.5, 0.6) is 0 Å². The summed E-state index contributed by atoms with van der Waals surface area (Å²) in [4.78, 5) is 23.0. The third-order valence-corrected chi connectivity index (χ3v) is 2.37. The standard InChI is InChI=1S/C13H14N4O3/c14-11-6-7-17(16-11)8-13(19)20-9-12(18)15-10-4-2-1-3-5-10/h1-7H,8-9H2,(H2,14,16)(H,15,18). The van der Waals surface area contributed by atoms with Crippen molar-refractivity contribution in [3.63, 3.8) is 0 Å². The summed E-state index contributed by atoms with van der Waals surface area (Å²) >= 11 is 0. The predicted molar refractivity (Wildman–Crippen MR) is 72.7 cm³/mol. The molecule has 104 valence electrons. The van der Waals surface area contributed by atoms with Gasteiger partial charge in [-0.25, -0.2) is 0 Å². The minimum atomic E-state index is -0.559. The normalized spacial score (nSPS) is 10.0. The van der Waals surface area contributed by atoms with Crippen molar-refractivity contribution in [2.45, 2.75) is 6.54 Å². The van der Waals surface area contributed by atoms with Crippen LogP contribution in [0.15, 0.2) is 42.6 Å². The first-order valence-electron chi connectivity index (χ1n) is 5.93. The number of benzene rings is 1. The van der Waals surface area contributed by atoms with Gasteiger partial charge in [-0.05, 0) is 18.2 Å². The summed E-state index contributed by atoms with van der Waals surface area (Å²) in [6.07, 6.45) is 1.56. The number of aromatic nitrogens is 2. The van der Waals surface area contributed by atoms with Gasteiger partial charge < -0.3 is 15.8 Å². The molecule has 2 aromatic rings. The molecular formula is C13H14N4O3. The molecule has 0 bridgehead atoms. The van der Waals surface area contributed by atoms with Crippen molar-refractivity contribution in [2.75, 3.05) is 17.7 Å². The van der Waals surface area contributed by atoms with Crippen LogP contribution in [0, 0.1) is 0 Å². The average Bonchev–Trinajstić information content (AvgIpc) is 2.83. The van der Waals surface area contributed by atoms with Gasteiger partial charge in [0.05, 0.1) is 0 Å². The molecule has 2 rings (SSSR count). The molecule has 1 aromatic carbocycles. The molecule has 0 aliphatic rings.